The van der Waals surface area contributed by atoms with E-state index in [1.807, 2.05) is 0 Å². The van der Waals surface area contributed by atoms with Crippen LogP contribution in [0.4, 0.5) is 10.1 Å². The molecule has 0 aliphatic carbocycles. The van der Waals surface area contributed by atoms with Gasteiger partial charge in [-0.25, -0.2) is 9.29 Å². The van der Waals surface area contributed by atoms with E-state index < -0.39 is 17.6 Å². The zero-order valence-corrected chi connectivity index (χ0v) is 13.5. The van der Waals surface area contributed by atoms with Crippen molar-refractivity contribution in [2.75, 3.05) is 4.90 Å². The number of amides is 2. The summed E-state index contributed by atoms with van der Waals surface area (Å²) >= 11 is 12.1. The molecular formula is C17H10Cl2FNO2. The van der Waals surface area contributed by atoms with Gasteiger partial charge in [-0.15, -0.1) is 0 Å². The van der Waals surface area contributed by atoms with Crippen LogP contribution in [0.3, 0.4) is 0 Å². The number of carbonyl (C=O) groups excluding carboxylic acids is 2. The van der Waals surface area contributed by atoms with E-state index in [9.17, 15) is 14.0 Å². The molecule has 116 valence electrons. The molecule has 1 aliphatic rings. The van der Waals surface area contributed by atoms with Crippen molar-refractivity contribution in [2.24, 2.45) is 0 Å². The molecule has 0 N–H and O–H groups in total. The third-order valence-electron chi connectivity index (χ3n) is 3.64. The molecule has 6 heteroatoms. The molecule has 0 fully saturated rings. The second-order valence-electron chi connectivity index (χ2n) is 5.03. The Balaban J connectivity index is 2.09. The largest absolute Gasteiger partial charge is 0.277 e. The van der Waals surface area contributed by atoms with Crippen molar-refractivity contribution < 1.29 is 14.0 Å². The molecule has 0 saturated heterocycles. The third-order valence-corrected chi connectivity index (χ3v) is 4.40. The van der Waals surface area contributed by atoms with Crippen LogP contribution in [0, 0.1) is 12.7 Å². The van der Waals surface area contributed by atoms with E-state index in [2.05, 4.69) is 0 Å². The number of carbonyl (C=O) groups is 2. The standard InChI is InChI=1S/C17H10Cl2FNO2/c1-9-12(18)3-2-4-13(9)21-16(22)14(15(19)17(21)23)10-5-7-11(20)8-6-10/h2-8H,1H3. The Morgan fingerprint density at radius 2 is 1.61 bits per heavy atom. The minimum Gasteiger partial charge on any atom is -0.268 e. The number of hydrogen-bond donors (Lipinski definition) is 0. The Kier molecular flexibility index (Phi) is 3.96. The van der Waals surface area contributed by atoms with Crippen LogP contribution in [0.5, 0.6) is 0 Å². The van der Waals surface area contributed by atoms with Gasteiger partial charge in [0.2, 0.25) is 0 Å². The predicted octanol–water partition coefficient (Wildman–Crippen LogP) is 4.31. The van der Waals surface area contributed by atoms with Gasteiger partial charge in [0, 0.05) is 5.02 Å². The van der Waals surface area contributed by atoms with Crippen LogP contribution in [0.15, 0.2) is 47.5 Å². The summed E-state index contributed by atoms with van der Waals surface area (Å²) in [4.78, 5) is 26.1. The van der Waals surface area contributed by atoms with Gasteiger partial charge in [-0.05, 0) is 42.3 Å². The number of imide groups is 1. The first-order valence-electron chi connectivity index (χ1n) is 6.71. The Morgan fingerprint density at radius 3 is 2.26 bits per heavy atom. The SMILES string of the molecule is Cc1c(Cl)cccc1N1C(=O)C(Cl)=C(c2ccc(F)cc2)C1=O. The summed E-state index contributed by atoms with van der Waals surface area (Å²) in [7, 11) is 0. The van der Waals surface area contributed by atoms with Crippen molar-refractivity contribution in [3.63, 3.8) is 0 Å². The summed E-state index contributed by atoms with van der Waals surface area (Å²) in [5.41, 5.74) is 1.41. The Labute approximate surface area is 141 Å². The molecule has 2 aromatic carbocycles. The van der Waals surface area contributed by atoms with Crippen molar-refractivity contribution in [3.05, 3.63) is 69.5 Å². The fourth-order valence-corrected chi connectivity index (χ4v) is 2.87. The second-order valence-corrected chi connectivity index (χ2v) is 5.81. The van der Waals surface area contributed by atoms with Crippen molar-refractivity contribution in [1.82, 2.24) is 0 Å². The van der Waals surface area contributed by atoms with Crippen molar-refractivity contribution in [3.8, 4) is 0 Å². The van der Waals surface area contributed by atoms with Gasteiger partial charge < -0.3 is 0 Å². The van der Waals surface area contributed by atoms with E-state index in [-0.39, 0.29) is 10.6 Å². The van der Waals surface area contributed by atoms with E-state index >= 15 is 0 Å². The molecule has 0 spiro atoms. The molecule has 23 heavy (non-hydrogen) atoms. The van der Waals surface area contributed by atoms with Crippen LogP contribution in [-0.2, 0) is 9.59 Å². The summed E-state index contributed by atoms with van der Waals surface area (Å²) in [6.07, 6.45) is 0. The Bertz CT molecular complexity index is 859. The molecular weight excluding hydrogens is 340 g/mol. The maximum Gasteiger partial charge on any atom is 0.277 e. The lowest BCUT2D eigenvalue weighted by molar-refractivity contribution is -0.119. The number of rotatable bonds is 2. The fourth-order valence-electron chi connectivity index (χ4n) is 2.43. The highest BCUT2D eigenvalue weighted by molar-refractivity contribution is 6.60. The van der Waals surface area contributed by atoms with E-state index in [4.69, 9.17) is 23.2 Å². The number of anilines is 1. The minimum absolute atomic E-state index is 0.0519. The van der Waals surface area contributed by atoms with E-state index in [1.54, 1.807) is 25.1 Å². The molecule has 1 aliphatic heterocycles. The van der Waals surface area contributed by atoms with Crippen LogP contribution in [0.25, 0.3) is 5.57 Å². The van der Waals surface area contributed by atoms with Crippen LogP contribution in [0.1, 0.15) is 11.1 Å². The van der Waals surface area contributed by atoms with Crippen LogP contribution < -0.4 is 4.90 Å². The first-order chi connectivity index (χ1) is 10.9. The second kappa shape index (κ2) is 5.80. The minimum atomic E-state index is -0.624. The smallest absolute Gasteiger partial charge is 0.268 e. The van der Waals surface area contributed by atoms with Gasteiger partial charge in [0.15, 0.2) is 0 Å². The van der Waals surface area contributed by atoms with Gasteiger partial charge in [-0.1, -0.05) is 41.4 Å². The first-order valence-corrected chi connectivity index (χ1v) is 7.47. The van der Waals surface area contributed by atoms with Crippen LogP contribution in [-0.4, -0.2) is 11.8 Å². The van der Waals surface area contributed by atoms with Crippen LogP contribution in [0.2, 0.25) is 5.02 Å². The molecule has 2 aromatic rings. The van der Waals surface area contributed by atoms with Crippen molar-refractivity contribution >= 4 is 46.3 Å². The highest BCUT2D eigenvalue weighted by Crippen LogP contribution is 2.37. The summed E-state index contributed by atoms with van der Waals surface area (Å²) < 4.78 is 13.1. The lowest BCUT2D eigenvalue weighted by Crippen LogP contribution is -2.31. The lowest BCUT2D eigenvalue weighted by Gasteiger charge is -2.18. The van der Waals surface area contributed by atoms with Crippen molar-refractivity contribution in [2.45, 2.75) is 6.92 Å². The average molecular weight is 350 g/mol. The van der Waals surface area contributed by atoms with Gasteiger partial charge in [0.25, 0.3) is 11.8 Å². The molecule has 0 unspecified atom stereocenters. The number of hydrogen-bond acceptors (Lipinski definition) is 2. The maximum atomic E-state index is 13.1. The number of halogens is 3. The monoisotopic (exact) mass is 349 g/mol. The Morgan fingerprint density at radius 1 is 0.957 bits per heavy atom. The molecule has 2 amide bonds. The van der Waals surface area contributed by atoms with Gasteiger partial charge in [-0.3, -0.25) is 9.59 Å². The van der Waals surface area contributed by atoms with Gasteiger partial charge >= 0.3 is 0 Å². The number of nitrogens with zero attached hydrogens (tertiary/aromatic N) is 1. The molecule has 3 rings (SSSR count). The van der Waals surface area contributed by atoms with Crippen molar-refractivity contribution in [1.29, 1.82) is 0 Å². The van der Waals surface area contributed by atoms with Gasteiger partial charge in [0.1, 0.15) is 10.8 Å². The normalized spacial score (nSPS) is 14.9. The van der Waals surface area contributed by atoms with Gasteiger partial charge in [-0.2, -0.15) is 0 Å². The van der Waals surface area contributed by atoms with Gasteiger partial charge in [0.05, 0.1) is 11.3 Å². The first kappa shape index (κ1) is 15.7. The molecule has 3 nitrogen and oxygen atoms in total. The molecule has 0 radical (unpaired) electrons. The number of benzene rings is 2. The summed E-state index contributed by atoms with van der Waals surface area (Å²) in [5, 5.41) is 0.246. The summed E-state index contributed by atoms with van der Waals surface area (Å²) in [6.45, 7) is 1.71. The van der Waals surface area contributed by atoms with Crippen LogP contribution >= 0.6 is 23.2 Å². The van der Waals surface area contributed by atoms with E-state index in [0.717, 1.165) is 4.90 Å². The topological polar surface area (TPSA) is 37.4 Å². The molecule has 0 atom stereocenters. The maximum absolute atomic E-state index is 13.1. The zero-order chi connectivity index (χ0) is 16.7. The molecule has 0 saturated carbocycles. The summed E-state index contributed by atoms with van der Waals surface area (Å²) in [6, 6.07) is 10.2. The van der Waals surface area contributed by atoms with E-state index in [1.165, 1.54) is 24.3 Å². The third kappa shape index (κ3) is 2.54. The quantitative estimate of drug-likeness (QED) is 0.757. The van der Waals surface area contributed by atoms with E-state index in [0.29, 0.717) is 21.8 Å². The highest BCUT2D eigenvalue weighted by Gasteiger charge is 2.39. The zero-order valence-electron chi connectivity index (χ0n) is 11.9. The lowest BCUT2D eigenvalue weighted by atomic mass is 10.1. The predicted molar refractivity (Wildman–Crippen MR) is 87.9 cm³/mol. The Hall–Kier alpha value is -2.17. The fraction of sp³-hybridized carbons (Fsp3) is 0.0588. The highest BCUT2D eigenvalue weighted by atomic mass is 35.5. The molecule has 0 aromatic heterocycles. The summed E-state index contributed by atoms with van der Waals surface area (Å²) in [5.74, 6) is -1.62. The molecule has 1 heterocycles. The molecule has 0 bridgehead atoms. The average Bonchev–Trinajstić information content (AvgIpc) is 2.74.